The zero-order chi connectivity index (χ0) is 34.5. The number of piperidine rings is 2. The molecule has 0 atom stereocenters. The average Bonchev–Trinajstić information content (AvgIpc) is 3.72. The smallest absolute Gasteiger partial charge is 0.0623 e. The highest BCUT2D eigenvalue weighted by atomic mass is 32.1. The van der Waals surface area contributed by atoms with Crippen LogP contribution in [0.3, 0.4) is 0 Å². The molecule has 0 amide bonds. The van der Waals surface area contributed by atoms with Crippen molar-refractivity contribution < 1.29 is 0 Å². The first-order valence-electron chi connectivity index (χ1n) is 19.9. The van der Waals surface area contributed by atoms with Gasteiger partial charge in [-0.3, -0.25) is 9.36 Å². The van der Waals surface area contributed by atoms with Crippen molar-refractivity contribution in [2.75, 3.05) is 45.8 Å². The van der Waals surface area contributed by atoms with Crippen LogP contribution in [0.2, 0.25) is 0 Å². The van der Waals surface area contributed by atoms with Crippen molar-refractivity contribution in [1.82, 2.24) is 29.4 Å². The van der Waals surface area contributed by atoms with E-state index in [1.807, 2.05) is 51.0 Å². The Morgan fingerprint density at radius 2 is 1.06 bits per heavy atom. The minimum Gasteiger partial charge on any atom is -0.330 e. The summed E-state index contributed by atoms with van der Waals surface area (Å²) in [5.41, 5.74) is 6.79. The number of thiol groups is 1. The number of likely N-dealkylation sites (tertiary alicyclic amines) is 2. The van der Waals surface area contributed by atoms with E-state index in [1.54, 1.807) is 0 Å². The molecule has 0 radical (unpaired) electrons. The third-order valence-corrected chi connectivity index (χ3v) is 9.67. The van der Waals surface area contributed by atoms with E-state index >= 15 is 0 Å². The maximum atomic E-state index is 5.51. The summed E-state index contributed by atoms with van der Waals surface area (Å²) in [7, 11) is 0. The Hall–Kier alpha value is -1.35. The lowest BCUT2D eigenvalue weighted by Gasteiger charge is -2.31. The minimum absolute atomic E-state index is 0.776. The van der Waals surface area contributed by atoms with E-state index in [0.717, 1.165) is 36.4 Å². The first-order chi connectivity index (χ1) is 23.1. The van der Waals surface area contributed by atoms with Crippen LogP contribution < -0.4 is 5.73 Å². The summed E-state index contributed by atoms with van der Waals surface area (Å²) in [6, 6.07) is 0. The third kappa shape index (κ3) is 21.4. The SMILES string of the molecule is CC.CC.CCCCCCCCCN1CCC(Cn2cc(C)cn2)CC1.NCCCCCCCN1CCC(Cn2cc(S)cn2)CC1. The maximum Gasteiger partial charge on any atom is 0.0623 e. The molecule has 47 heavy (non-hydrogen) atoms. The monoisotopic (exact) mass is 676 g/mol. The molecule has 7 nitrogen and oxygen atoms in total. The highest BCUT2D eigenvalue weighted by Gasteiger charge is 2.20. The van der Waals surface area contributed by atoms with E-state index in [0.29, 0.717) is 0 Å². The lowest BCUT2D eigenvalue weighted by molar-refractivity contribution is 0.168. The van der Waals surface area contributed by atoms with Crippen LogP contribution in [0.4, 0.5) is 0 Å². The predicted molar refractivity (Wildman–Crippen MR) is 208 cm³/mol. The van der Waals surface area contributed by atoms with Gasteiger partial charge in [0, 0.05) is 30.4 Å². The summed E-state index contributed by atoms with van der Waals surface area (Å²) in [6.07, 6.45) is 29.7. The highest BCUT2D eigenvalue weighted by molar-refractivity contribution is 7.80. The molecule has 4 heterocycles. The van der Waals surface area contributed by atoms with Crippen molar-refractivity contribution in [3.8, 4) is 0 Å². The molecule has 0 saturated carbocycles. The highest BCUT2D eigenvalue weighted by Crippen LogP contribution is 2.21. The first kappa shape index (κ1) is 43.7. The topological polar surface area (TPSA) is 68.1 Å². The number of aryl methyl sites for hydroxylation is 1. The Morgan fingerprint density at radius 3 is 1.47 bits per heavy atom. The van der Waals surface area contributed by atoms with E-state index in [9.17, 15) is 0 Å². The summed E-state index contributed by atoms with van der Waals surface area (Å²) in [4.78, 5) is 6.27. The number of nitrogens with zero attached hydrogens (tertiary/aromatic N) is 6. The van der Waals surface area contributed by atoms with Gasteiger partial charge in [-0.05, 0) is 115 Å². The van der Waals surface area contributed by atoms with E-state index in [2.05, 4.69) is 57.4 Å². The van der Waals surface area contributed by atoms with E-state index in [1.165, 1.54) is 148 Å². The predicted octanol–water partition coefficient (Wildman–Crippen LogP) is 9.50. The Labute approximate surface area is 297 Å². The van der Waals surface area contributed by atoms with E-state index < -0.39 is 0 Å². The fourth-order valence-electron chi connectivity index (χ4n) is 6.64. The number of nitrogens with two attached hydrogens (primary N) is 1. The Morgan fingerprint density at radius 1 is 0.638 bits per heavy atom. The van der Waals surface area contributed by atoms with Gasteiger partial charge >= 0.3 is 0 Å². The van der Waals surface area contributed by atoms with Crippen molar-refractivity contribution in [1.29, 1.82) is 0 Å². The van der Waals surface area contributed by atoms with Crippen molar-refractivity contribution in [3.05, 3.63) is 30.4 Å². The number of unbranched alkanes of at least 4 members (excludes halogenated alkanes) is 10. The van der Waals surface area contributed by atoms with Gasteiger partial charge in [0.15, 0.2) is 0 Å². The van der Waals surface area contributed by atoms with Crippen LogP contribution in [-0.4, -0.2) is 75.2 Å². The largest absolute Gasteiger partial charge is 0.330 e. The van der Waals surface area contributed by atoms with Crippen molar-refractivity contribution >= 4 is 12.6 Å². The number of aromatic nitrogens is 4. The molecule has 0 unspecified atom stereocenters. The van der Waals surface area contributed by atoms with Crippen LogP contribution in [-0.2, 0) is 13.1 Å². The molecule has 2 aliphatic heterocycles. The normalized spacial score (nSPS) is 16.1. The molecule has 8 heteroatoms. The molecule has 2 N–H and O–H groups in total. The summed E-state index contributed by atoms with van der Waals surface area (Å²) in [5, 5.41) is 8.76. The van der Waals surface area contributed by atoms with Crippen LogP contribution >= 0.6 is 12.6 Å². The first-order valence-corrected chi connectivity index (χ1v) is 20.4. The molecule has 274 valence electrons. The summed E-state index contributed by atoms with van der Waals surface area (Å²) < 4.78 is 4.17. The maximum absolute atomic E-state index is 5.51. The van der Waals surface area contributed by atoms with Crippen LogP contribution in [0, 0.1) is 18.8 Å². The molecule has 0 aromatic carbocycles. The lowest BCUT2D eigenvalue weighted by Crippen LogP contribution is -2.35. The lowest BCUT2D eigenvalue weighted by atomic mass is 9.96. The summed E-state index contributed by atoms with van der Waals surface area (Å²) >= 11 is 4.31. The van der Waals surface area contributed by atoms with Crippen LogP contribution in [0.5, 0.6) is 0 Å². The fourth-order valence-corrected chi connectivity index (χ4v) is 6.82. The molecule has 2 aliphatic rings. The van der Waals surface area contributed by atoms with Gasteiger partial charge in [0.25, 0.3) is 0 Å². The zero-order valence-corrected chi connectivity index (χ0v) is 32.7. The second-order valence-corrected chi connectivity index (χ2v) is 13.9. The Balaban J connectivity index is 0.000000425. The van der Waals surface area contributed by atoms with Gasteiger partial charge in [0.2, 0.25) is 0 Å². The van der Waals surface area contributed by atoms with E-state index in [4.69, 9.17) is 5.73 Å². The number of hydrogen-bond acceptors (Lipinski definition) is 6. The molecule has 4 rings (SSSR count). The van der Waals surface area contributed by atoms with Gasteiger partial charge in [-0.15, -0.1) is 12.6 Å². The van der Waals surface area contributed by atoms with Crippen molar-refractivity contribution in [2.45, 2.75) is 162 Å². The Kier molecular flexibility index (Phi) is 27.5. The quantitative estimate of drug-likeness (QED) is 0.115. The number of hydrogen-bond donors (Lipinski definition) is 2. The zero-order valence-electron chi connectivity index (χ0n) is 31.8. The fraction of sp³-hybridized carbons (Fsp3) is 0.846. The molecule has 2 saturated heterocycles. The molecule has 2 aromatic heterocycles. The molecule has 2 fully saturated rings. The van der Waals surface area contributed by atoms with Crippen LogP contribution in [0.25, 0.3) is 0 Å². The summed E-state index contributed by atoms with van der Waals surface area (Å²) in [5.74, 6) is 1.60. The standard InChI is InChI=1S/C19H35N3.C16H30N4S.2C2H6/c1-3-4-5-6-7-8-9-12-21-13-10-19(11-14-21)17-22-16-18(2)15-20-22;17-8-4-2-1-3-5-9-19-10-6-15(7-11-19)13-20-14-16(21)12-18-20;2*1-2/h15-16,19H,3-14,17H2,1-2H3;12,14-15,21H,1-11,13,17H2;2*1-2H3. The van der Waals surface area contributed by atoms with Gasteiger partial charge in [-0.25, -0.2) is 0 Å². The molecule has 0 spiro atoms. The summed E-state index contributed by atoms with van der Waals surface area (Å²) in [6.45, 7) is 23.1. The molecular formula is C39H77N7S. The molecule has 2 aromatic rings. The van der Waals surface area contributed by atoms with E-state index in [-0.39, 0.29) is 0 Å². The van der Waals surface area contributed by atoms with Gasteiger partial charge in [-0.1, -0.05) is 92.4 Å². The molecule has 0 aliphatic carbocycles. The van der Waals surface area contributed by atoms with Gasteiger partial charge in [0.1, 0.15) is 0 Å². The van der Waals surface area contributed by atoms with Gasteiger partial charge < -0.3 is 15.5 Å². The number of rotatable bonds is 19. The molecule has 0 bridgehead atoms. The minimum atomic E-state index is 0.776. The second kappa shape index (κ2) is 29.6. The average molecular weight is 676 g/mol. The van der Waals surface area contributed by atoms with Gasteiger partial charge in [-0.2, -0.15) is 10.2 Å². The molecular weight excluding hydrogens is 599 g/mol. The van der Waals surface area contributed by atoms with Crippen LogP contribution in [0.15, 0.2) is 29.7 Å². The van der Waals surface area contributed by atoms with Crippen LogP contribution in [0.1, 0.15) is 143 Å². The Bertz CT molecular complexity index is 929. The third-order valence-electron chi connectivity index (χ3n) is 9.44. The van der Waals surface area contributed by atoms with Crippen molar-refractivity contribution in [3.63, 3.8) is 0 Å². The van der Waals surface area contributed by atoms with Crippen molar-refractivity contribution in [2.24, 2.45) is 17.6 Å². The van der Waals surface area contributed by atoms with Gasteiger partial charge in [0.05, 0.1) is 12.4 Å². The second-order valence-electron chi connectivity index (χ2n) is 13.4.